The van der Waals surface area contributed by atoms with Gasteiger partial charge in [0.15, 0.2) is 0 Å². The molecule has 2 fully saturated rings. The molecule has 0 aliphatic heterocycles. The van der Waals surface area contributed by atoms with Gasteiger partial charge in [-0.25, -0.2) is 8.42 Å². The molecule has 5 rings (SSSR count). The zero-order valence-corrected chi connectivity index (χ0v) is 19.8. The van der Waals surface area contributed by atoms with Crippen LogP contribution < -0.4 is 9.47 Å². The van der Waals surface area contributed by atoms with Gasteiger partial charge in [-0.2, -0.15) is 0 Å². The van der Waals surface area contributed by atoms with Gasteiger partial charge < -0.3 is 9.47 Å². The van der Waals surface area contributed by atoms with E-state index in [1.165, 1.54) is 25.7 Å². The topological polar surface area (TPSA) is 52.6 Å². The van der Waals surface area contributed by atoms with Crippen LogP contribution in [0.2, 0.25) is 0 Å². The van der Waals surface area contributed by atoms with Crippen molar-refractivity contribution in [1.29, 1.82) is 0 Å². The molecule has 0 amide bonds. The Labute approximate surface area is 194 Å². The first-order valence-corrected chi connectivity index (χ1v) is 14.1. The minimum absolute atomic E-state index is 0.0825. The van der Waals surface area contributed by atoms with Gasteiger partial charge in [0, 0.05) is 32.2 Å². The van der Waals surface area contributed by atoms with Gasteiger partial charge in [-0.1, -0.05) is 37.1 Å². The smallest absolute Gasteiger partial charge is 0.261 e. The molecule has 0 atom stereocenters. The van der Waals surface area contributed by atoms with Crippen LogP contribution in [0.1, 0.15) is 64.2 Å². The van der Waals surface area contributed by atoms with E-state index in [1.54, 1.807) is 12.1 Å². The number of benzene rings is 3. The minimum Gasteiger partial charge on any atom is -0.489 e. The summed E-state index contributed by atoms with van der Waals surface area (Å²) in [5.74, 6) is 1.55. The molecule has 0 spiro atoms. The molecule has 0 aromatic heterocycles. The van der Waals surface area contributed by atoms with E-state index in [-0.39, 0.29) is 17.1 Å². The third kappa shape index (κ3) is 4.42. The summed E-state index contributed by atoms with van der Waals surface area (Å²) in [6.45, 7) is 0. The summed E-state index contributed by atoms with van der Waals surface area (Å²) in [5, 5.41) is 3.60. The molecule has 4 nitrogen and oxygen atoms in total. The van der Waals surface area contributed by atoms with E-state index in [2.05, 4.69) is 6.07 Å². The van der Waals surface area contributed by atoms with E-state index in [4.69, 9.17) is 20.2 Å². The normalized spacial score (nSPS) is 18.8. The summed E-state index contributed by atoms with van der Waals surface area (Å²) in [6.07, 6.45) is 11.6. The highest BCUT2D eigenvalue weighted by Crippen LogP contribution is 2.45. The van der Waals surface area contributed by atoms with Crippen LogP contribution in [0.15, 0.2) is 47.4 Å². The third-order valence-electron chi connectivity index (χ3n) is 6.85. The van der Waals surface area contributed by atoms with Crippen LogP contribution in [0.5, 0.6) is 11.5 Å². The molecule has 170 valence electrons. The molecule has 0 bridgehead atoms. The molecule has 6 heteroatoms. The summed E-state index contributed by atoms with van der Waals surface area (Å²) in [4.78, 5) is 0.0825. The van der Waals surface area contributed by atoms with Crippen molar-refractivity contribution in [2.24, 2.45) is 0 Å². The second-order valence-corrected chi connectivity index (χ2v) is 11.7. The van der Waals surface area contributed by atoms with E-state index in [1.807, 2.05) is 24.3 Å². The van der Waals surface area contributed by atoms with Crippen LogP contribution in [-0.2, 0) is 9.05 Å². The molecule has 2 saturated carbocycles. The van der Waals surface area contributed by atoms with Crippen molar-refractivity contribution >= 4 is 41.3 Å². The fourth-order valence-corrected chi connectivity index (χ4v) is 5.96. The van der Waals surface area contributed by atoms with Gasteiger partial charge in [-0.15, -0.1) is 0 Å². The van der Waals surface area contributed by atoms with E-state index in [0.717, 1.165) is 71.6 Å². The standard InChI is InChI=1S/C26H29ClO4S/c27-32(28,29)20-15-16-23-24(17-20)26(31-19-11-5-2-6-12-19)22-14-8-7-13-21(22)25(23)30-18-9-3-1-4-10-18/h7-8,13-19H,1-6,9-12H2. The zero-order chi connectivity index (χ0) is 22.1. The average molecular weight is 473 g/mol. The lowest BCUT2D eigenvalue weighted by Gasteiger charge is -2.28. The maximum absolute atomic E-state index is 12.1. The number of rotatable bonds is 5. The van der Waals surface area contributed by atoms with Crippen molar-refractivity contribution in [3.8, 4) is 11.5 Å². The van der Waals surface area contributed by atoms with Gasteiger partial charge in [-0.05, 0) is 69.6 Å². The predicted octanol–water partition coefficient (Wildman–Crippen LogP) is 7.34. The van der Waals surface area contributed by atoms with E-state index in [0.29, 0.717) is 0 Å². The van der Waals surface area contributed by atoms with Crippen molar-refractivity contribution in [3.05, 3.63) is 42.5 Å². The monoisotopic (exact) mass is 472 g/mol. The van der Waals surface area contributed by atoms with Crippen molar-refractivity contribution < 1.29 is 17.9 Å². The summed E-state index contributed by atoms with van der Waals surface area (Å²) in [6, 6.07) is 13.2. The quantitative estimate of drug-likeness (QED) is 0.288. The number of halogens is 1. The van der Waals surface area contributed by atoms with Gasteiger partial charge in [-0.3, -0.25) is 0 Å². The first-order chi connectivity index (χ1) is 15.5. The summed E-state index contributed by atoms with van der Waals surface area (Å²) >= 11 is 0. The lowest BCUT2D eigenvalue weighted by molar-refractivity contribution is 0.156. The molecule has 0 unspecified atom stereocenters. The molecule has 2 aliphatic carbocycles. The summed E-state index contributed by atoms with van der Waals surface area (Å²) < 4.78 is 37.5. The Morgan fingerprint density at radius 3 is 1.62 bits per heavy atom. The fourth-order valence-electron chi connectivity index (χ4n) is 5.18. The van der Waals surface area contributed by atoms with Crippen LogP contribution in [0.3, 0.4) is 0 Å². The lowest BCUT2D eigenvalue weighted by Crippen LogP contribution is -2.21. The van der Waals surface area contributed by atoms with Gasteiger partial charge >= 0.3 is 0 Å². The first kappa shape index (κ1) is 21.8. The summed E-state index contributed by atoms with van der Waals surface area (Å²) in [5.41, 5.74) is 0. The summed E-state index contributed by atoms with van der Waals surface area (Å²) in [7, 11) is 1.86. The third-order valence-corrected chi connectivity index (χ3v) is 8.20. The Balaban J connectivity index is 1.72. The molecule has 3 aromatic carbocycles. The number of fused-ring (bicyclic) bond motifs is 2. The van der Waals surface area contributed by atoms with Crippen molar-refractivity contribution in [1.82, 2.24) is 0 Å². The molecule has 0 radical (unpaired) electrons. The molecule has 0 N–H and O–H groups in total. The van der Waals surface area contributed by atoms with Crippen LogP contribution in [0.25, 0.3) is 21.5 Å². The Morgan fingerprint density at radius 2 is 1.12 bits per heavy atom. The molecular weight excluding hydrogens is 444 g/mol. The SMILES string of the molecule is O=S(=O)(Cl)c1ccc2c(OC3CCCCC3)c3ccccc3c(OC3CCCCC3)c2c1. The molecule has 0 saturated heterocycles. The first-order valence-electron chi connectivity index (χ1n) is 11.8. The van der Waals surface area contributed by atoms with Crippen LogP contribution in [0.4, 0.5) is 0 Å². The fraction of sp³-hybridized carbons (Fsp3) is 0.462. The highest BCUT2D eigenvalue weighted by atomic mass is 35.7. The van der Waals surface area contributed by atoms with E-state index < -0.39 is 9.05 Å². The van der Waals surface area contributed by atoms with Gasteiger partial charge in [0.1, 0.15) is 11.5 Å². The highest BCUT2D eigenvalue weighted by Gasteiger charge is 2.24. The maximum Gasteiger partial charge on any atom is 0.261 e. The lowest BCUT2D eigenvalue weighted by atomic mass is 9.96. The van der Waals surface area contributed by atoms with E-state index >= 15 is 0 Å². The number of ether oxygens (including phenoxy) is 2. The molecule has 32 heavy (non-hydrogen) atoms. The molecule has 2 aliphatic rings. The van der Waals surface area contributed by atoms with Crippen LogP contribution >= 0.6 is 10.7 Å². The Bertz CT molecular complexity index is 1230. The molecule has 3 aromatic rings. The van der Waals surface area contributed by atoms with E-state index in [9.17, 15) is 8.42 Å². The largest absolute Gasteiger partial charge is 0.489 e. The maximum atomic E-state index is 12.1. The highest BCUT2D eigenvalue weighted by molar-refractivity contribution is 8.13. The Morgan fingerprint density at radius 1 is 0.656 bits per heavy atom. The minimum atomic E-state index is -3.86. The van der Waals surface area contributed by atoms with Crippen molar-refractivity contribution in [3.63, 3.8) is 0 Å². The van der Waals surface area contributed by atoms with Gasteiger partial charge in [0.2, 0.25) is 0 Å². The Kier molecular flexibility index (Phi) is 6.22. The van der Waals surface area contributed by atoms with Crippen molar-refractivity contribution in [2.45, 2.75) is 81.3 Å². The van der Waals surface area contributed by atoms with Gasteiger partial charge in [0.25, 0.3) is 9.05 Å². The average Bonchev–Trinajstić information content (AvgIpc) is 2.81. The second-order valence-electron chi connectivity index (χ2n) is 9.10. The van der Waals surface area contributed by atoms with Crippen molar-refractivity contribution in [2.75, 3.05) is 0 Å². The molecular formula is C26H29ClO4S. The predicted molar refractivity (Wildman–Crippen MR) is 129 cm³/mol. The number of hydrogen-bond acceptors (Lipinski definition) is 4. The van der Waals surface area contributed by atoms with Gasteiger partial charge in [0.05, 0.1) is 17.1 Å². The number of hydrogen-bond donors (Lipinski definition) is 0. The Hall–Kier alpha value is -1.98. The van der Waals surface area contributed by atoms with Crippen LogP contribution in [-0.4, -0.2) is 20.6 Å². The van der Waals surface area contributed by atoms with Crippen LogP contribution in [0, 0.1) is 0 Å². The molecule has 0 heterocycles. The second kappa shape index (κ2) is 9.11. The zero-order valence-electron chi connectivity index (χ0n) is 18.2.